The molecule has 8 heteroatoms. The van der Waals surface area contributed by atoms with Crippen molar-refractivity contribution in [2.75, 3.05) is 6.61 Å². The van der Waals surface area contributed by atoms with Gasteiger partial charge in [-0.25, -0.2) is 0 Å². The summed E-state index contributed by atoms with van der Waals surface area (Å²) in [4.78, 5) is 26.4. The van der Waals surface area contributed by atoms with Gasteiger partial charge in [-0.2, -0.15) is 0 Å². The minimum Gasteiger partial charge on any atom is -0.490 e. The van der Waals surface area contributed by atoms with E-state index in [0.29, 0.717) is 34.6 Å². The van der Waals surface area contributed by atoms with E-state index >= 15 is 0 Å². The van der Waals surface area contributed by atoms with Gasteiger partial charge in [-0.15, -0.1) is 0 Å². The Balaban J connectivity index is 1.86. The molecule has 0 saturated carbocycles. The zero-order valence-electron chi connectivity index (χ0n) is 16.8. The molecule has 2 amide bonds. The second-order valence-electron chi connectivity index (χ2n) is 6.82. The maximum Gasteiger partial charge on any atom is 0.293 e. The number of nitrogens with zero attached hydrogens (tertiary/aromatic N) is 1. The van der Waals surface area contributed by atoms with Gasteiger partial charge in [-0.1, -0.05) is 23.7 Å². The summed E-state index contributed by atoms with van der Waals surface area (Å²) in [6.45, 7) is 6.39. The number of imide groups is 1. The minimum absolute atomic E-state index is 0.175. The van der Waals surface area contributed by atoms with E-state index in [-0.39, 0.29) is 17.2 Å². The fourth-order valence-electron chi connectivity index (χ4n) is 2.89. The number of rotatable bonds is 7. The third-order valence-electron chi connectivity index (χ3n) is 4.27. The van der Waals surface area contributed by atoms with Crippen LogP contribution in [-0.2, 0) is 11.4 Å². The second kappa shape index (κ2) is 10.1. The maximum atomic E-state index is 12.6. The number of ether oxygens (including phenoxy) is 2. The van der Waals surface area contributed by atoms with Crippen LogP contribution in [0, 0.1) is 3.57 Å². The average Bonchev–Trinajstić information content (AvgIpc) is 2.96. The molecule has 158 valence electrons. The van der Waals surface area contributed by atoms with Crippen LogP contribution in [0.25, 0.3) is 6.08 Å². The van der Waals surface area contributed by atoms with Crippen LogP contribution in [0.5, 0.6) is 11.5 Å². The van der Waals surface area contributed by atoms with E-state index in [1.54, 1.807) is 6.08 Å². The highest BCUT2D eigenvalue weighted by atomic mass is 127. The summed E-state index contributed by atoms with van der Waals surface area (Å²) < 4.78 is 12.7. The molecule has 1 heterocycles. The van der Waals surface area contributed by atoms with Gasteiger partial charge >= 0.3 is 0 Å². The van der Waals surface area contributed by atoms with Gasteiger partial charge in [0.15, 0.2) is 11.5 Å². The van der Waals surface area contributed by atoms with Gasteiger partial charge in [0, 0.05) is 11.1 Å². The third kappa shape index (κ3) is 5.31. The summed E-state index contributed by atoms with van der Waals surface area (Å²) in [7, 11) is 0. The zero-order valence-corrected chi connectivity index (χ0v) is 20.5. The summed E-state index contributed by atoms with van der Waals surface area (Å²) >= 11 is 9.08. The molecule has 2 aromatic carbocycles. The number of carbonyl (C=O) groups excluding carboxylic acids is 2. The van der Waals surface area contributed by atoms with Crippen LogP contribution in [-0.4, -0.2) is 28.7 Å². The highest BCUT2D eigenvalue weighted by molar-refractivity contribution is 14.1. The van der Waals surface area contributed by atoms with E-state index in [0.717, 1.165) is 26.5 Å². The summed E-state index contributed by atoms with van der Waals surface area (Å²) in [6, 6.07) is 11.0. The van der Waals surface area contributed by atoms with E-state index in [2.05, 4.69) is 22.6 Å². The molecule has 1 fully saturated rings. The van der Waals surface area contributed by atoms with Crippen molar-refractivity contribution in [3.8, 4) is 11.5 Å². The summed E-state index contributed by atoms with van der Waals surface area (Å²) in [5.74, 6) is 0.962. The van der Waals surface area contributed by atoms with Crippen molar-refractivity contribution in [3.63, 3.8) is 0 Å². The Bertz CT molecular complexity index is 991. The van der Waals surface area contributed by atoms with Crippen LogP contribution in [0.1, 0.15) is 31.9 Å². The lowest BCUT2D eigenvalue weighted by atomic mass is 10.1. The molecule has 0 spiro atoms. The van der Waals surface area contributed by atoms with Crippen LogP contribution in [0.4, 0.5) is 4.79 Å². The normalized spacial score (nSPS) is 15.4. The van der Waals surface area contributed by atoms with Gasteiger partial charge in [0.2, 0.25) is 0 Å². The largest absolute Gasteiger partial charge is 0.490 e. The van der Waals surface area contributed by atoms with Gasteiger partial charge < -0.3 is 9.47 Å². The predicted octanol–water partition coefficient (Wildman–Crippen LogP) is 6.37. The van der Waals surface area contributed by atoms with Crippen LogP contribution in [0.15, 0.2) is 41.3 Å². The molecule has 0 radical (unpaired) electrons. The number of hydrogen-bond acceptors (Lipinski definition) is 5. The Morgan fingerprint density at radius 2 is 1.87 bits per heavy atom. The first-order chi connectivity index (χ1) is 14.3. The number of benzene rings is 2. The summed E-state index contributed by atoms with van der Waals surface area (Å²) in [6.07, 6.45) is 1.72. The third-order valence-corrected chi connectivity index (χ3v) is 6.20. The van der Waals surface area contributed by atoms with Crippen molar-refractivity contribution in [2.45, 2.75) is 33.4 Å². The van der Waals surface area contributed by atoms with Crippen molar-refractivity contribution >= 4 is 63.2 Å². The quantitative estimate of drug-likeness (QED) is 0.293. The molecule has 1 saturated heterocycles. The first-order valence-electron chi connectivity index (χ1n) is 9.40. The first-order valence-corrected chi connectivity index (χ1v) is 11.7. The van der Waals surface area contributed by atoms with Crippen LogP contribution in [0.2, 0.25) is 5.02 Å². The summed E-state index contributed by atoms with van der Waals surface area (Å²) in [5, 5.41) is 0.429. The molecule has 0 aromatic heterocycles. The molecule has 1 aliphatic rings. The van der Waals surface area contributed by atoms with Gasteiger partial charge in [0.05, 0.1) is 15.1 Å². The molecule has 0 bridgehead atoms. The van der Waals surface area contributed by atoms with Gasteiger partial charge in [0.1, 0.15) is 6.61 Å². The molecule has 0 aliphatic carbocycles. The van der Waals surface area contributed by atoms with Crippen molar-refractivity contribution in [1.82, 2.24) is 4.90 Å². The monoisotopic (exact) mass is 557 g/mol. The molecule has 0 N–H and O–H groups in total. The number of hydrogen-bond donors (Lipinski definition) is 0. The highest BCUT2D eigenvalue weighted by Gasteiger charge is 2.36. The first kappa shape index (κ1) is 23.0. The lowest BCUT2D eigenvalue weighted by Crippen LogP contribution is -2.34. The standard InChI is InChI=1S/C22H21ClINO4S/c1-4-28-18-10-15(11-19-21(26)25(13(2)3)22(27)30-19)9-17(24)20(18)29-12-14-5-7-16(23)8-6-14/h5-11,13H,4,12H2,1-3H3/b19-11+. The minimum atomic E-state index is -0.268. The highest BCUT2D eigenvalue weighted by Crippen LogP contribution is 2.38. The molecule has 1 aliphatic heterocycles. The van der Waals surface area contributed by atoms with Crippen LogP contribution in [0.3, 0.4) is 0 Å². The average molecular weight is 558 g/mol. The molecular formula is C22H21ClINO4S. The van der Waals surface area contributed by atoms with Crippen molar-refractivity contribution < 1.29 is 19.1 Å². The van der Waals surface area contributed by atoms with Crippen LogP contribution >= 0.6 is 46.0 Å². The zero-order chi connectivity index (χ0) is 21.8. The van der Waals surface area contributed by atoms with Crippen molar-refractivity contribution in [1.29, 1.82) is 0 Å². The second-order valence-corrected chi connectivity index (χ2v) is 9.42. The van der Waals surface area contributed by atoms with Crippen molar-refractivity contribution in [2.24, 2.45) is 0 Å². The molecule has 0 unspecified atom stereocenters. The van der Waals surface area contributed by atoms with E-state index in [9.17, 15) is 9.59 Å². The smallest absolute Gasteiger partial charge is 0.293 e. The number of thioether (sulfide) groups is 1. The van der Waals surface area contributed by atoms with Gasteiger partial charge in [-0.3, -0.25) is 14.5 Å². The van der Waals surface area contributed by atoms with E-state index in [4.69, 9.17) is 21.1 Å². The van der Waals surface area contributed by atoms with E-state index < -0.39 is 0 Å². The van der Waals surface area contributed by atoms with Gasteiger partial charge in [-0.05, 0) is 96.6 Å². The Morgan fingerprint density at radius 3 is 2.47 bits per heavy atom. The van der Waals surface area contributed by atoms with E-state index in [1.807, 2.05) is 57.2 Å². The molecule has 3 rings (SSSR count). The Kier molecular flexibility index (Phi) is 7.70. The fraction of sp³-hybridized carbons (Fsp3) is 0.273. The Morgan fingerprint density at radius 1 is 1.17 bits per heavy atom. The van der Waals surface area contributed by atoms with E-state index in [1.165, 1.54) is 4.90 Å². The lowest BCUT2D eigenvalue weighted by Gasteiger charge is -2.16. The molecule has 5 nitrogen and oxygen atoms in total. The Labute approximate surface area is 198 Å². The Hall–Kier alpha value is -1.71. The molecule has 2 aromatic rings. The number of halogens is 2. The number of carbonyl (C=O) groups is 2. The SMILES string of the molecule is CCOc1cc(/C=C2/SC(=O)N(C(C)C)C2=O)cc(I)c1OCc1ccc(Cl)cc1. The summed E-state index contributed by atoms with van der Waals surface area (Å²) in [5.41, 5.74) is 1.76. The molecule has 0 atom stereocenters. The lowest BCUT2D eigenvalue weighted by molar-refractivity contribution is -0.123. The topological polar surface area (TPSA) is 55.8 Å². The van der Waals surface area contributed by atoms with Crippen molar-refractivity contribution in [3.05, 3.63) is 61.0 Å². The van der Waals surface area contributed by atoms with Crippen LogP contribution < -0.4 is 9.47 Å². The molecular weight excluding hydrogens is 537 g/mol. The number of amides is 2. The maximum absolute atomic E-state index is 12.6. The fourth-order valence-corrected chi connectivity index (χ4v) is 4.75. The predicted molar refractivity (Wildman–Crippen MR) is 129 cm³/mol. The van der Waals surface area contributed by atoms with Gasteiger partial charge in [0.25, 0.3) is 11.1 Å². The molecule has 30 heavy (non-hydrogen) atoms.